The number of allylic oxidation sites excluding steroid dienone is 3. The monoisotopic (exact) mass is 777 g/mol. The second kappa shape index (κ2) is 16.1. The number of pyridine rings is 1. The minimum atomic E-state index is -0.157. The highest BCUT2D eigenvalue weighted by Crippen LogP contribution is 2.41. The number of rotatable bonds is 11. The molecule has 0 amide bonds. The largest absolute Gasteiger partial charge is 0.354 e. The van der Waals surface area contributed by atoms with E-state index in [4.69, 9.17) is 9.97 Å². The van der Waals surface area contributed by atoms with Gasteiger partial charge in [-0.2, -0.15) is 0 Å². The maximum absolute atomic E-state index is 5.40. The molecule has 0 fully saturated rings. The minimum absolute atomic E-state index is 0.157. The minimum Gasteiger partial charge on any atom is -0.354 e. The van der Waals surface area contributed by atoms with Gasteiger partial charge in [-0.3, -0.25) is 4.98 Å². The molecule has 3 aromatic carbocycles. The fourth-order valence-electron chi connectivity index (χ4n) is 8.80. The van der Waals surface area contributed by atoms with Crippen LogP contribution in [0.3, 0.4) is 0 Å². The van der Waals surface area contributed by atoms with Crippen LogP contribution < -0.4 is 0 Å². The number of aromatic nitrogens is 5. The van der Waals surface area contributed by atoms with Crippen molar-refractivity contribution in [3.63, 3.8) is 0 Å². The normalized spacial score (nSPS) is 12.1. The fraction of sp³-hybridized carbons (Fsp3) is 0.109. The quantitative estimate of drug-likeness (QED) is 0.129. The molecule has 60 heavy (non-hydrogen) atoms. The van der Waals surface area contributed by atoms with Crippen molar-refractivity contribution in [1.29, 1.82) is 0 Å². The van der Waals surface area contributed by atoms with Gasteiger partial charge >= 0.3 is 0 Å². The van der Waals surface area contributed by atoms with E-state index < -0.39 is 0 Å². The average molecular weight is 778 g/mol. The molecule has 0 unspecified atom stereocenters. The molecule has 2 aliphatic heterocycles. The zero-order valence-electron chi connectivity index (χ0n) is 34.2. The van der Waals surface area contributed by atoms with Crippen LogP contribution in [-0.4, -0.2) is 24.9 Å². The number of H-pyrrole nitrogens is 2. The Labute approximate surface area is 352 Å². The summed E-state index contributed by atoms with van der Waals surface area (Å²) in [5.41, 5.74) is 19.1. The van der Waals surface area contributed by atoms with Crippen LogP contribution in [0.5, 0.6) is 0 Å². The van der Waals surface area contributed by atoms with Gasteiger partial charge in [-0.25, -0.2) is 9.97 Å². The Morgan fingerprint density at radius 2 is 0.783 bits per heavy atom. The maximum Gasteiger partial charge on any atom is 0.0738 e. The topological polar surface area (TPSA) is 70.2 Å². The molecule has 2 N–H and O–H groups in total. The predicted octanol–water partition coefficient (Wildman–Crippen LogP) is 14.3. The summed E-state index contributed by atoms with van der Waals surface area (Å²) in [6.07, 6.45) is 20.6. The molecule has 0 spiro atoms. The lowest BCUT2D eigenvalue weighted by atomic mass is 9.72. The first-order valence-corrected chi connectivity index (χ1v) is 20.5. The zero-order chi connectivity index (χ0) is 41.2. The fourth-order valence-corrected chi connectivity index (χ4v) is 8.80. The molecule has 5 heteroatoms. The molecular formula is C55H47N5. The third-order valence-corrected chi connectivity index (χ3v) is 11.8. The van der Waals surface area contributed by atoms with Crippen LogP contribution in [0.25, 0.3) is 90.9 Å². The van der Waals surface area contributed by atoms with Crippen molar-refractivity contribution in [2.45, 2.75) is 38.5 Å². The van der Waals surface area contributed by atoms with Crippen molar-refractivity contribution in [2.75, 3.05) is 0 Å². The van der Waals surface area contributed by atoms with Gasteiger partial charge in [0, 0.05) is 62.1 Å². The molecule has 0 saturated carbocycles. The van der Waals surface area contributed by atoms with Crippen LogP contribution >= 0.6 is 0 Å². The van der Waals surface area contributed by atoms with Crippen LogP contribution in [0.15, 0.2) is 160 Å². The van der Waals surface area contributed by atoms with Crippen molar-refractivity contribution in [2.24, 2.45) is 0 Å². The van der Waals surface area contributed by atoms with E-state index in [1.807, 2.05) is 42.8 Å². The molecule has 0 aliphatic carbocycles. The highest BCUT2D eigenvalue weighted by Gasteiger charge is 2.28. The van der Waals surface area contributed by atoms with E-state index in [1.54, 1.807) is 0 Å². The van der Waals surface area contributed by atoms with Gasteiger partial charge in [-0.05, 0) is 122 Å². The van der Waals surface area contributed by atoms with E-state index in [9.17, 15) is 0 Å². The number of aryl methyl sites for hydroxylation is 2. The van der Waals surface area contributed by atoms with Crippen molar-refractivity contribution >= 4 is 46.4 Å². The molecule has 292 valence electrons. The van der Waals surface area contributed by atoms with E-state index >= 15 is 0 Å². The Bertz CT molecular complexity index is 2820. The number of fused-ring (bicyclic) bond motifs is 8. The third kappa shape index (κ3) is 7.09. The second-order valence-electron chi connectivity index (χ2n) is 15.8. The molecule has 0 radical (unpaired) electrons. The molecule has 0 atom stereocenters. The molecule has 7 aromatic rings. The molecule has 9 rings (SSSR count). The van der Waals surface area contributed by atoms with Crippen LogP contribution in [0.4, 0.5) is 0 Å². The van der Waals surface area contributed by atoms with Gasteiger partial charge in [0.1, 0.15) is 0 Å². The Hall–Kier alpha value is -7.37. The van der Waals surface area contributed by atoms with Gasteiger partial charge in [0.25, 0.3) is 0 Å². The molecule has 8 bridgehead atoms. The van der Waals surface area contributed by atoms with Gasteiger partial charge in [0.2, 0.25) is 0 Å². The van der Waals surface area contributed by atoms with Crippen LogP contribution in [0.2, 0.25) is 0 Å². The van der Waals surface area contributed by atoms with Crippen molar-refractivity contribution in [3.8, 4) is 44.5 Å². The number of hydrogen-bond donors (Lipinski definition) is 2. The number of aromatic amines is 2. The lowest BCUT2D eigenvalue weighted by Gasteiger charge is -2.32. The number of benzene rings is 3. The summed E-state index contributed by atoms with van der Waals surface area (Å²) in [5, 5.41) is 0. The van der Waals surface area contributed by atoms with E-state index in [1.165, 1.54) is 16.7 Å². The summed E-state index contributed by atoms with van der Waals surface area (Å²) in [7, 11) is 0. The van der Waals surface area contributed by atoms with E-state index in [-0.39, 0.29) is 5.41 Å². The van der Waals surface area contributed by atoms with Crippen molar-refractivity contribution in [3.05, 3.63) is 199 Å². The lowest BCUT2D eigenvalue weighted by molar-refractivity contribution is 0.442. The molecule has 4 aromatic heterocycles. The number of nitrogens with one attached hydrogen (secondary N) is 2. The zero-order valence-corrected chi connectivity index (χ0v) is 34.2. The second-order valence-corrected chi connectivity index (χ2v) is 15.8. The smallest absolute Gasteiger partial charge is 0.0738 e. The Balaban J connectivity index is 1.40. The van der Waals surface area contributed by atoms with E-state index in [0.29, 0.717) is 0 Å². The standard InChI is InChI=1S/C55H47N5/c1-6-31-55(32-7-2,33-8-3)42-19-17-40(18-20-42)53-47-23-21-43(57-47)51(38-13-9-36(4)10-14-38)45-25-27-49(59-45)54(41-29-34-56-35-30-41)50-28-26-46(60-50)52(44-22-24-48(53)58-44)39-15-11-37(5)12-16-39/h6-30,34-35,57-58H,1-3,31-33H2,4-5H3. The van der Waals surface area contributed by atoms with Crippen molar-refractivity contribution < 1.29 is 0 Å². The van der Waals surface area contributed by atoms with Crippen LogP contribution in [0.1, 0.15) is 58.7 Å². The Morgan fingerprint density at radius 1 is 0.433 bits per heavy atom. The summed E-state index contributed by atoms with van der Waals surface area (Å²) < 4.78 is 0. The number of nitrogens with zero attached hydrogens (tertiary/aromatic N) is 3. The van der Waals surface area contributed by atoms with Gasteiger partial charge < -0.3 is 9.97 Å². The predicted molar refractivity (Wildman–Crippen MR) is 254 cm³/mol. The summed E-state index contributed by atoms with van der Waals surface area (Å²) in [6, 6.07) is 39.2. The molecule has 5 nitrogen and oxygen atoms in total. The summed E-state index contributed by atoms with van der Waals surface area (Å²) in [5.74, 6) is 0. The summed E-state index contributed by atoms with van der Waals surface area (Å²) >= 11 is 0. The molecular weight excluding hydrogens is 731 g/mol. The number of hydrogen-bond acceptors (Lipinski definition) is 3. The van der Waals surface area contributed by atoms with Crippen LogP contribution in [-0.2, 0) is 5.41 Å². The first kappa shape index (κ1) is 38.2. The van der Waals surface area contributed by atoms with Crippen LogP contribution in [0, 0.1) is 13.8 Å². The maximum atomic E-state index is 5.40. The average Bonchev–Trinajstić information content (AvgIpc) is 4.11. The third-order valence-electron chi connectivity index (χ3n) is 11.8. The van der Waals surface area contributed by atoms with Gasteiger partial charge in [-0.15, -0.1) is 19.7 Å². The highest BCUT2D eigenvalue weighted by molar-refractivity contribution is 6.00. The lowest BCUT2D eigenvalue weighted by Crippen LogP contribution is -2.24. The Morgan fingerprint density at radius 3 is 1.20 bits per heavy atom. The van der Waals surface area contributed by atoms with E-state index in [0.717, 1.165) is 109 Å². The molecule has 0 saturated heterocycles. The SMILES string of the molecule is C=CCC(CC=C)(CC=C)c1ccc(-c2c3ccc([nH]3)c(-c3ccc(C)cc3)c3nc(c(-c4ccncc4)c4nc(c(-c5ccc(C)cc5)c5ccc2[nH]5)C=C4)C=C3)cc1. The summed E-state index contributed by atoms with van der Waals surface area (Å²) in [4.78, 5) is 22.9. The molecule has 6 heterocycles. The van der Waals surface area contributed by atoms with Crippen molar-refractivity contribution in [1.82, 2.24) is 24.9 Å². The highest BCUT2D eigenvalue weighted by atomic mass is 14.8. The van der Waals surface area contributed by atoms with Gasteiger partial charge in [-0.1, -0.05) is 102 Å². The van der Waals surface area contributed by atoms with Gasteiger partial charge in [0.15, 0.2) is 0 Å². The Kier molecular flexibility index (Phi) is 10.2. The molecule has 2 aliphatic rings. The van der Waals surface area contributed by atoms with Gasteiger partial charge in [0.05, 0.1) is 22.8 Å². The first-order chi connectivity index (χ1) is 29.4. The van der Waals surface area contributed by atoms with E-state index in [2.05, 4.69) is 170 Å². The first-order valence-electron chi connectivity index (χ1n) is 20.5. The summed E-state index contributed by atoms with van der Waals surface area (Å²) in [6.45, 7) is 16.6.